The fraction of sp³-hybridized carbons (Fsp3) is 0.750. The summed E-state index contributed by atoms with van der Waals surface area (Å²) >= 11 is 2.87. The lowest BCUT2D eigenvalue weighted by atomic mass is 9.87. The first-order valence-corrected chi connectivity index (χ1v) is 55.6. The van der Waals surface area contributed by atoms with Crippen LogP contribution >= 0.6 is 23.5 Å². The van der Waals surface area contributed by atoms with Crippen LogP contribution in [-0.2, 0) is 92.7 Å². The van der Waals surface area contributed by atoms with Gasteiger partial charge in [0.2, 0.25) is 59.1 Å². The number of aliphatic imine (C=N–C) groups is 2. The number of nitrogens with two attached hydrogens (primary N) is 9. The highest BCUT2D eigenvalue weighted by Gasteiger charge is 2.40. The minimum absolute atomic E-state index is 0.00502. The molecule has 0 bridgehead atoms. The van der Waals surface area contributed by atoms with Crippen molar-refractivity contribution in [1.82, 2.24) is 42.5 Å². The molecule has 0 aromatic heterocycles. The third-order valence-electron chi connectivity index (χ3n) is 25.6. The summed E-state index contributed by atoms with van der Waals surface area (Å²) in [5.74, 6) is -18.9. The number of nitrogens with zero attached hydrogens (tertiary/aromatic N) is 2. The zero-order chi connectivity index (χ0) is 111. The molecule has 0 saturated carbocycles. The highest BCUT2D eigenvalue weighted by Crippen LogP contribution is 2.28. The summed E-state index contributed by atoms with van der Waals surface area (Å²) in [5, 5.41) is 62.7. The average molecular weight is 2120 g/mol. The van der Waals surface area contributed by atoms with Crippen LogP contribution in [0.4, 0.5) is 0 Å². The number of carbonyl (C=O) groups excluding carboxylic acids is 17. The van der Waals surface area contributed by atoms with E-state index in [0.717, 1.165) is 25.7 Å². The first-order valence-electron chi connectivity index (χ1n) is 52.8. The van der Waals surface area contributed by atoms with E-state index in [1.54, 1.807) is 24.9 Å². The number of Topliss-reactive ketones (excluding diaryl/α,β-unsaturated/α-hetero) is 7. The lowest BCUT2D eigenvalue weighted by molar-refractivity contribution is -0.143. The number of carboxylic acids is 1. The third-order valence-corrected chi connectivity index (χ3v) is 26.9. The fourth-order valence-corrected chi connectivity index (χ4v) is 18.1. The van der Waals surface area contributed by atoms with Gasteiger partial charge in [0.25, 0.3) is 0 Å². The number of phenolic OH excluding ortho intramolecular Hbond substituents is 1. The highest BCUT2D eigenvalue weighted by molar-refractivity contribution is 7.98. The molecule has 0 aliphatic rings. The number of ketones is 7. The molecule has 0 saturated heterocycles. The smallest absolute Gasteiger partial charge is 0.304 e. The van der Waals surface area contributed by atoms with E-state index >= 15 is 0 Å². The van der Waals surface area contributed by atoms with Crippen LogP contribution in [0, 0.1) is 59.2 Å². The Morgan fingerprint density at radius 2 is 0.789 bits per heavy atom. The van der Waals surface area contributed by atoms with Crippen molar-refractivity contribution >= 4 is 141 Å². The Morgan fingerprint density at radius 3 is 1.24 bits per heavy atom. The summed E-state index contributed by atoms with van der Waals surface area (Å²) in [6.45, 7) is 12.9. The topological polar surface area (TPSA) is 743 Å². The van der Waals surface area contributed by atoms with E-state index in [-0.39, 0.29) is 168 Å². The van der Waals surface area contributed by atoms with Crippen molar-refractivity contribution in [3.63, 3.8) is 0 Å². The number of aromatic hydroxyl groups is 1. The number of aliphatic hydroxyl groups is 2. The second-order valence-electron chi connectivity index (χ2n) is 39.6. The molecule has 0 fully saturated rings. The predicted molar refractivity (Wildman–Crippen MR) is 574 cm³/mol. The minimum Gasteiger partial charge on any atom is -0.508 e. The first-order chi connectivity index (χ1) is 69.8. The van der Waals surface area contributed by atoms with Crippen molar-refractivity contribution in [2.24, 2.45) is 121 Å². The van der Waals surface area contributed by atoms with Gasteiger partial charge in [0.05, 0.1) is 49.7 Å². The number of primary amides is 2. The molecule has 0 aliphatic carbocycles. The lowest BCUT2D eigenvalue weighted by Crippen LogP contribution is -2.52. The van der Waals surface area contributed by atoms with Crippen LogP contribution in [-0.4, -0.2) is 257 Å². The summed E-state index contributed by atoms with van der Waals surface area (Å²) in [6.07, 6.45) is 19.8. The van der Waals surface area contributed by atoms with E-state index in [1.165, 1.54) is 108 Å². The van der Waals surface area contributed by atoms with Crippen LogP contribution in [0.5, 0.6) is 5.75 Å². The lowest BCUT2D eigenvalue weighted by Gasteiger charge is -2.27. The summed E-state index contributed by atoms with van der Waals surface area (Å²) in [4.78, 5) is 250. The van der Waals surface area contributed by atoms with E-state index in [2.05, 4.69) is 59.4 Å². The molecule has 15 atom stereocenters. The number of unbranched alkanes of at least 4 members (excludes halogenated alkanes) is 15. The van der Waals surface area contributed by atoms with Crippen LogP contribution in [0.2, 0.25) is 0 Å². The van der Waals surface area contributed by atoms with Crippen LogP contribution in [0.15, 0.2) is 34.3 Å². The van der Waals surface area contributed by atoms with Gasteiger partial charge in [0.15, 0.2) is 46.6 Å². The molecular formula is C104H183N19O22S2. The van der Waals surface area contributed by atoms with Gasteiger partial charge in [-0.3, -0.25) is 96.3 Å². The molecule has 0 heterocycles. The SMILES string of the molecule is CCCCCCCCCCCCCCCC(=O)N[C@@H](CCSC)C(=O)NCC(=O)C[C@@H](CCC(N)=O)C(=O)N[C@@H](CCCCN)C(=O)C[C@@H](CCCCN)C(=O)NC.CSCC[C@H](CC(=O)[C@H](CO)NC(=O)[C@H](CCCN=C(N)N)CC(=O)[C@@H](C)CC(C)C)C(=O)N[C@H](C(=O)C[C@@H](CC(=O)O)C(=O)N[C@@H](CCCCN)C(=O)C[C@@H](Cc1ccc(O)cc1)C(=O)N[C@H](CCCN=C(N)N)C(=O)C[C@@H](CC(C)C)C(N)=O)[C@@H](C)O. The normalized spacial score (nSPS) is 14.3. The molecule has 30 N–H and O–H groups in total. The number of phenols is 1. The molecule has 0 aliphatic heterocycles. The van der Waals surface area contributed by atoms with Crippen molar-refractivity contribution < 1.29 is 107 Å². The zero-order valence-corrected chi connectivity index (χ0v) is 90.9. The molecule has 1 rings (SSSR count). The Balaban J connectivity index is 0.00000318. The molecule has 43 heteroatoms. The molecule has 0 unspecified atom stereocenters. The molecule has 1 aromatic carbocycles. The van der Waals surface area contributed by atoms with Crippen LogP contribution < -0.4 is 94.1 Å². The van der Waals surface area contributed by atoms with Crippen molar-refractivity contribution in [2.75, 3.05) is 76.9 Å². The van der Waals surface area contributed by atoms with E-state index in [0.29, 0.717) is 107 Å². The van der Waals surface area contributed by atoms with Crippen molar-refractivity contribution in [3.05, 3.63) is 29.8 Å². The number of nitrogens with one attached hydrogen (secondary N) is 8. The van der Waals surface area contributed by atoms with Crippen molar-refractivity contribution in [1.29, 1.82) is 0 Å². The van der Waals surface area contributed by atoms with Gasteiger partial charge < -0.3 is 115 Å². The quantitative estimate of drug-likeness (QED) is 0.0216. The molecule has 147 heavy (non-hydrogen) atoms. The summed E-state index contributed by atoms with van der Waals surface area (Å²) in [5.41, 5.74) is 50.6. The number of thioether (sulfide) groups is 2. The number of rotatable bonds is 89. The predicted octanol–water partition coefficient (Wildman–Crippen LogP) is 5.53. The van der Waals surface area contributed by atoms with E-state index in [4.69, 9.17) is 51.6 Å². The minimum atomic E-state index is -1.76. The van der Waals surface area contributed by atoms with E-state index in [1.807, 2.05) is 34.0 Å². The molecule has 10 amide bonds. The van der Waals surface area contributed by atoms with Gasteiger partial charge in [-0.2, -0.15) is 23.5 Å². The van der Waals surface area contributed by atoms with Crippen LogP contribution in [0.25, 0.3) is 0 Å². The standard InChI is InChI=1S/C61H102N12O15S.C43H81N7O7S/c1-34(2)24-36(5)48(77)27-39(12-10-21-68-60(64)65)56(85)72-47(33-74)51(80)28-40(19-23-89-7)57(86)73-54(37(6)75)52(81)31-43(32-53(82)83)59(88)70-45(13-8-9-20-62)50(79)30-42(26-38-15-17-44(76)18-16-38)58(87)71-46(14-11-22-69-61(66)67)49(78)29-41(55(63)84)25-35(3)4;1-4-5-6-7-8-9-10-11-12-13-14-15-16-23-40(54)49-37(26-29-58-3)43(57)48-32-35(51)30-34(24-25-39(46)53)42(56)50-36(22-18-20-28-45)38(52)31-33(41(55)47-2)21-17-19-27-44/h15-18,34-37,39-43,45-47,54,74-76H,8-14,19-33,62H2,1-7H3,(H2,63,84)(H,70,88)(H,71,87)(H,72,85)(H,73,86)(H,82,83)(H4,64,65,68)(H4,66,67,69);33-34,36-37H,4-32,44-45H2,1-3H3,(H2,46,53)(H,47,55)(H,48,57)(H,49,54)(H,50,56)/t36-,37+,39+,40+,41+,42+,43-,45-,46+,47-,54-;33-,34-,36+,37+/m01/s1. The van der Waals surface area contributed by atoms with Gasteiger partial charge in [-0.25, -0.2) is 0 Å². The second kappa shape index (κ2) is 81.8. The van der Waals surface area contributed by atoms with Crippen LogP contribution in [0.1, 0.15) is 317 Å². The van der Waals surface area contributed by atoms with Gasteiger partial charge >= 0.3 is 5.97 Å². The number of carbonyl (C=O) groups is 18. The number of aliphatic hydroxyl groups excluding tert-OH is 2. The van der Waals surface area contributed by atoms with Gasteiger partial charge in [-0.15, -0.1) is 0 Å². The number of hydrogen-bond acceptors (Lipinski definition) is 28. The Bertz CT molecular complexity index is 4180. The van der Waals surface area contributed by atoms with Crippen molar-refractivity contribution in [2.45, 2.75) is 360 Å². The van der Waals surface area contributed by atoms with Gasteiger partial charge in [0.1, 0.15) is 29.7 Å². The molecule has 0 spiro atoms. The molecular weight excluding hydrogens is 1930 g/mol. The Labute approximate surface area is 879 Å². The van der Waals surface area contributed by atoms with Crippen molar-refractivity contribution in [3.8, 4) is 5.75 Å². The highest BCUT2D eigenvalue weighted by atomic mass is 32.2. The maximum atomic E-state index is 14.6. The van der Waals surface area contributed by atoms with E-state index < -0.39 is 198 Å². The fourth-order valence-electron chi connectivity index (χ4n) is 17.2. The Hall–Kier alpha value is -10.1. The average Bonchev–Trinajstić information content (AvgIpc) is 0.838. The number of amides is 10. The van der Waals surface area contributed by atoms with Crippen LogP contribution in [0.3, 0.4) is 0 Å². The summed E-state index contributed by atoms with van der Waals surface area (Å²) < 4.78 is 0. The van der Waals surface area contributed by atoms with E-state index in [9.17, 15) is 107 Å². The molecule has 41 nitrogen and oxygen atoms in total. The number of carboxylic acid groups (broad SMARTS) is 1. The number of guanidine groups is 2. The third kappa shape index (κ3) is 64.8. The zero-order valence-electron chi connectivity index (χ0n) is 89.2. The number of hydrogen-bond donors (Lipinski definition) is 21. The summed E-state index contributed by atoms with van der Waals surface area (Å²) in [6, 6.07) is -1.80. The van der Waals surface area contributed by atoms with Gasteiger partial charge in [-0.1, -0.05) is 137 Å². The summed E-state index contributed by atoms with van der Waals surface area (Å²) in [7, 11) is 1.51. The number of aliphatic carboxylic acids is 1. The maximum absolute atomic E-state index is 14.6. The molecule has 0 radical (unpaired) electrons. The van der Waals surface area contributed by atoms with Gasteiger partial charge in [-0.05, 0) is 202 Å². The molecule has 1 aromatic rings. The monoisotopic (exact) mass is 2110 g/mol. The first kappa shape index (κ1) is 137. The molecule has 838 valence electrons. The number of benzene rings is 1. The second-order valence-corrected chi connectivity index (χ2v) is 41.6. The Morgan fingerprint density at radius 1 is 0.388 bits per heavy atom. The largest absolute Gasteiger partial charge is 0.508 e. The maximum Gasteiger partial charge on any atom is 0.304 e. The Kier molecular flexibility index (Phi) is 76.2. The van der Waals surface area contributed by atoms with Gasteiger partial charge in [0, 0.05) is 119 Å².